The number of hydrogen-bond acceptors (Lipinski definition) is 2. The molecule has 0 radical (unpaired) electrons. The minimum absolute atomic E-state index is 0.324. The van der Waals surface area contributed by atoms with Gasteiger partial charge in [0.15, 0.2) is 0 Å². The van der Waals surface area contributed by atoms with Crippen molar-refractivity contribution >= 4 is 34.6 Å². The van der Waals surface area contributed by atoms with Gasteiger partial charge in [0, 0.05) is 23.4 Å². The summed E-state index contributed by atoms with van der Waals surface area (Å²) in [4.78, 5) is 4.47. The van der Waals surface area contributed by atoms with Gasteiger partial charge < -0.3 is 5.32 Å². The van der Waals surface area contributed by atoms with E-state index in [4.69, 9.17) is 23.2 Å². The molecule has 0 saturated heterocycles. The highest BCUT2D eigenvalue weighted by Gasteiger charge is 2.21. The van der Waals surface area contributed by atoms with Crippen molar-refractivity contribution in [2.75, 3.05) is 18.4 Å². The van der Waals surface area contributed by atoms with Crippen LogP contribution in [0.1, 0.15) is 11.1 Å². The second kappa shape index (κ2) is 5.43. The smallest absolute Gasteiger partial charge is 0.132 e. The first kappa shape index (κ1) is 13.4. The van der Waals surface area contributed by atoms with Crippen LogP contribution in [0.25, 0.3) is 0 Å². The van der Waals surface area contributed by atoms with Gasteiger partial charge in [0.2, 0.25) is 0 Å². The summed E-state index contributed by atoms with van der Waals surface area (Å²) in [6.07, 6.45) is 0. The fraction of sp³-hybridized carbons (Fsp3) is 0.133. The summed E-state index contributed by atoms with van der Waals surface area (Å²) in [6, 6.07) is 10.1. The number of anilines is 1. The van der Waals surface area contributed by atoms with Crippen LogP contribution >= 0.6 is 23.2 Å². The summed E-state index contributed by atoms with van der Waals surface area (Å²) in [7, 11) is 0. The number of halogens is 3. The van der Waals surface area contributed by atoms with E-state index in [1.165, 1.54) is 6.07 Å². The van der Waals surface area contributed by atoms with Crippen molar-refractivity contribution < 1.29 is 4.39 Å². The lowest BCUT2D eigenvalue weighted by Crippen LogP contribution is -2.08. The first-order valence-electron chi connectivity index (χ1n) is 6.20. The number of nitrogens with one attached hydrogen (secondary N) is 1. The van der Waals surface area contributed by atoms with Crippen LogP contribution in [-0.4, -0.2) is 18.8 Å². The predicted molar refractivity (Wildman–Crippen MR) is 81.9 cm³/mol. The van der Waals surface area contributed by atoms with E-state index in [0.29, 0.717) is 40.0 Å². The molecule has 0 amide bonds. The first-order valence-corrected chi connectivity index (χ1v) is 6.95. The number of benzene rings is 2. The maximum absolute atomic E-state index is 14.1. The molecule has 0 aliphatic carbocycles. The largest absolute Gasteiger partial charge is 0.383 e. The molecule has 0 unspecified atom stereocenters. The predicted octanol–water partition coefficient (Wildman–Crippen LogP) is 4.40. The second-order valence-corrected chi connectivity index (χ2v) is 5.21. The normalized spacial score (nSPS) is 14.1. The fourth-order valence-electron chi connectivity index (χ4n) is 2.24. The standard InChI is InChI=1S/C15H11Cl2FN2/c16-10-5-6-12-13(14(10)17)15(20-8-7-19-12)9-3-1-2-4-11(9)18/h1-6,19H,7-8H2. The number of benzodiazepines with no additional fused rings is 1. The van der Waals surface area contributed by atoms with E-state index >= 15 is 0 Å². The molecule has 0 bridgehead atoms. The molecule has 0 atom stereocenters. The summed E-state index contributed by atoms with van der Waals surface area (Å²) in [5.41, 5.74) is 2.44. The zero-order valence-electron chi connectivity index (χ0n) is 10.5. The molecule has 20 heavy (non-hydrogen) atoms. The summed E-state index contributed by atoms with van der Waals surface area (Å²) in [5, 5.41) is 4.05. The molecule has 0 saturated carbocycles. The topological polar surface area (TPSA) is 24.4 Å². The van der Waals surface area contributed by atoms with Crippen molar-refractivity contribution in [3.05, 3.63) is 63.4 Å². The lowest BCUT2D eigenvalue weighted by Gasteiger charge is -2.13. The minimum atomic E-state index is -0.324. The molecular weight excluding hydrogens is 298 g/mol. The fourth-order valence-corrected chi connectivity index (χ4v) is 2.65. The molecule has 0 spiro atoms. The molecular formula is C15H11Cl2FN2. The van der Waals surface area contributed by atoms with Crippen molar-refractivity contribution in [3.8, 4) is 0 Å². The minimum Gasteiger partial charge on any atom is -0.383 e. The van der Waals surface area contributed by atoms with E-state index in [-0.39, 0.29) is 5.82 Å². The van der Waals surface area contributed by atoms with Crippen molar-refractivity contribution in [2.24, 2.45) is 4.99 Å². The second-order valence-electron chi connectivity index (χ2n) is 4.42. The third-order valence-electron chi connectivity index (χ3n) is 3.16. The summed E-state index contributed by atoms with van der Waals surface area (Å²) < 4.78 is 14.1. The Hall–Kier alpha value is -1.58. The van der Waals surface area contributed by atoms with Gasteiger partial charge in [-0.25, -0.2) is 4.39 Å². The molecule has 0 fully saturated rings. The van der Waals surface area contributed by atoms with Crippen molar-refractivity contribution in [2.45, 2.75) is 0 Å². The molecule has 1 heterocycles. The van der Waals surface area contributed by atoms with Gasteiger partial charge in [-0.15, -0.1) is 0 Å². The third-order valence-corrected chi connectivity index (χ3v) is 3.96. The zero-order chi connectivity index (χ0) is 14.1. The molecule has 102 valence electrons. The Bertz CT molecular complexity index is 698. The van der Waals surface area contributed by atoms with E-state index in [1.807, 2.05) is 6.07 Å². The van der Waals surface area contributed by atoms with Crippen LogP contribution in [0, 0.1) is 5.82 Å². The maximum Gasteiger partial charge on any atom is 0.132 e. The molecule has 1 aliphatic heterocycles. The molecule has 2 nitrogen and oxygen atoms in total. The van der Waals surface area contributed by atoms with Gasteiger partial charge in [-0.2, -0.15) is 0 Å². The monoisotopic (exact) mass is 308 g/mol. The highest BCUT2D eigenvalue weighted by Crippen LogP contribution is 2.34. The molecule has 2 aromatic rings. The maximum atomic E-state index is 14.1. The highest BCUT2D eigenvalue weighted by atomic mass is 35.5. The van der Waals surface area contributed by atoms with Crippen LogP contribution in [-0.2, 0) is 0 Å². The molecule has 2 aromatic carbocycles. The average molecular weight is 309 g/mol. The number of aliphatic imine (C=N–C) groups is 1. The van der Waals surface area contributed by atoms with Crippen LogP contribution in [0.3, 0.4) is 0 Å². The van der Waals surface area contributed by atoms with Gasteiger partial charge in [0.1, 0.15) is 5.82 Å². The van der Waals surface area contributed by atoms with E-state index in [9.17, 15) is 4.39 Å². The van der Waals surface area contributed by atoms with Gasteiger partial charge in [-0.3, -0.25) is 4.99 Å². The Morgan fingerprint density at radius 1 is 1.10 bits per heavy atom. The number of hydrogen-bond donors (Lipinski definition) is 1. The Morgan fingerprint density at radius 2 is 1.90 bits per heavy atom. The quantitative estimate of drug-likeness (QED) is 0.830. The van der Waals surface area contributed by atoms with Crippen LogP contribution in [0.5, 0.6) is 0 Å². The lowest BCUT2D eigenvalue weighted by molar-refractivity contribution is 0.625. The average Bonchev–Trinajstić information content (AvgIpc) is 2.66. The molecule has 1 N–H and O–H groups in total. The Kier molecular flexibility index (Phi) is 3.64. The van der Waals surface area contributed by atoms with E-state index in [1.54, 1.807) is 24.3 Å². The van der Waals surface area contributed by atoms with E-state index in [0.717, 1.165) is 5.69 Å². The van der Waals surface area contributed by atoms with Gasteiger partial charge in [-0.05, 0) is 24.3 Å². The Balaban J connectivity index is 2.26. The Labute approximate surface area is 126 Å². The number of rotatable bonds is 1. The number of nitrogens with zero attached hydrogens (tertiary/aromatic N) is 1. The molecule has 5 heteroatoms. The Morgan fingerprint density at radius 3 is 2.70 bits per heavy atom. The summed E-state index contributed by atoms with van der Waals surface area (Å²) in [5.74, 6) is -0.324. The van der Waals surface area contributed by atoms with Gasteiger partial charge >= 0.3 is 0 Å². The third kappa shape index (κ3) is 2.28. The van der Waals surface area contributed by atoms with Crippen LogP contribution in [0.2, 0.25) is 10.0 Å². The summed E-state index contributed by atoms with van der Waals surface area (Å²) in [6.45, 7) is 1.22. The molecule has 1 aliphatic rings. The number of fused-ring (bicyclic) bond motifs is 1. The van der Waals surface area contributed by atoms with Crippen LogP contribution < -0.4 is 5.32 Å². The van der Waals surface area contributed by atoms with E-state index in [2.05, 4.69) is 10.3 Å². The first-order chi connectivity index (χ1) is 9.68. The van der Waals surface area contributed by atoms with Crippen molar-refractivity contribution in [1.82, 2.24) is 0 Å². The zero-order valence-corrected chi connectivity index (χ0v) is 12.0. The molecule has 3 rings (SSSR count). The van der Waals surface area contributed by atoms with Crippen LogP contribution in [0.15, 0.2) is 41.4 Å². The van der Waals surface area contributed by atoms with Gasteiger partial charge in [-0.1, -0.05) is 35.3 Å². The van der Waals surface area contributed by atoms with Gasteiger partial charge in [0.25, 0.3) is 0 Å². The SMILES string of the molecule is Fc1ccccc1C1=NCCNc2ccc(Cl)c(Cl)c21. The van der Waals surface area contributed by atoms with E-state index < -0.39 is 0 Å². The molecule has 0 aromatic heterocycles. The van der Waals surface area contributed by atoms with Crippen LogP contribution in [0.4, 0.5) is 10.1 Å². The summed E-state index contributed by atoms with van der Waals surface area (Å²) >= 11 is 12.4. The van der Waals surface area contributed by atoms with Gasteiger partial charge in [0.05, 0.1) is 22.3 Å². The van der Waals surface area contributed by atoms with Crippen molar-refractivity contribution in [3.63, 3.8) is 0 Å². The lowest BCUT2D eigenvalue weighted by atomic mass is 10.00. The van der Waals surface area contributed by atoms with Crippen molar-refractivity contribution in [1.29, 1.82) is 0 Å². The highest BCUT2D eigenvalue weighted by molar-refractivity contribution is 6.45.